The van der Waals surface area contributed by atoms with E-state index in [1.54, 1.807) is 84.9 Å². The van der Waals surface area contributed by atoms with E-state index < -0.39 is 35.5 Å². The number of nitrogens with two attached hydrogens (primary N) is 5. The van der Waals surface area contributed by atoms with Gasteiger partial charge in [0, 0.05) is 33.7 Å². The number of benzene rings is 5. The molecule has 0 heterocycles. The Bertz CT molecular complexity index is 2120. The quantitative estimate of drug-likeness (QED) is 0.146. The Kier molecular flexibility index (Phi) is 8.68. The van der Waals surface area contributed by atoms with E-state index in [-0.39, 0.29) is 0 Å². The van der Waals surface area contributed by atoms with E-state index >= 15 is 0 Å². The van der Waals surface area contributed by atoms with Crippen LogP contribution in [0.4, 0.5) is 0 Å². The highest BCUT2D eigenvalue weighted by atomic mass is 16.2. The van der Waals surface area contributed by atoms with E-state index in [9.17, 15) is 24.0 Å². The molecule has 0 spiro atoms. The predicted octanol–water partition coefficient (Wildman–Crippen LogP) is 4.50. The van der Waals surface area contributed by atoms with Crippen molar-refractivity contribution in [3.63, 3.8) is 0 Å². The molecular formula is C40H31N5O5. The summed E-state index contributed by atoms with van der Waals surface area (Å²) in [5.41, 5.74) is 36.5. The van der Waals surface area contributed by atoms with Gasteiger partial charge < -0.3 is 28.7 Å². The van der Waals surface area contributed by atoms with Gasteiger partial charge in [0.15, 0.2) is 0 Å². The molecule has 50 heavy (non-hydrogen) atoms. The SMILES string of the molecule is NC(=O)c1ccc(C2=C(c3ccc(C(N)=O)cc3)C(c3ccc(C(N)=O)cc3)C(c3ccc(C(N)=O)cc3)=C2c2ccc(C(N)=O)cc2)cc1. The van der Waals surface area contributed by atoms with Gasteiger partial charge in [-0.15, -0.1) is 0 Å². The van der Waals surface area contributed by atoms with Crippen LogP contribution in [-0.4, -0.2) is 29.5 Å². The lowest BCUT2D eigenvalue weighted by Crippen LogP contribution is -2.12. The molecule has 0 fully saturated rings. The topological polar surface area (TPSA) is 215 Å². The van der Waals surface area contributed by atoms with Crippen LogP contribution >= 0.6 is 0 Å². The lowest BCUT2D eigenvalue weighted by Gasteiger charge is -2.22. The molecule has 5 amide bonds. The molecule has 0 radical (unpaired) electrons. The molecule has 0 atom stereocenters. The van der Waals surface area contributed by atoms with E-state index in [2.05, 4.69) is 0 Å². The van der Waals surface area contributed by atoms with Crippen LogP contribution in [0.1, 0.15) is 85.5 Å². The first-order chi connectivity index (χ1) is 23.9. The van der Waals surface area contributed by atoms with Gasteiger partial charge in [-0.1, -0.05) is 60.7 Å². The first-order valence-electron chi connectivity index (χ1n) is 15.4. The number of carbonyl (C=O) groups is 5. The summed E-state index contributed by atoms with van der Waals surface area (Å²) in [4.78, 5) is 60.3. The third kappa shape index (κ3) is 6.16. The number of carbonyl (C=O) groups excluding carboxylic acids is 5. The summed E-state index contributed by atoms with van der Waals surface area (Å²) in [5.74, 6) is -3.42. The van der Waals surface area contributed by atoms with Crippen LogP contribution in [0.15, 0.2) is 121 Å². The van der Waals surface area contributed by atoms with Gasteiger partial charge >= 0.3 is 0 Å². The summed E-state index contributed by atoms with van der Waals surface area (Å²) in [6.45, 7) is 0. The molecule has 5 aromatic rings. The minimum Gasteiger partial charge on any atom is -0.366 e. The second kappa shape index (κ2) is 13.2. The molecule has 0 saturated carbocycles. The van der Waals surface area contributed by atoms with Crippen LogP contribution in [0.25, 0.3) is 22.3 Å². The molecule has 246 valence electrons. The Balaban J connectivity index is 1.76. The number of amides is 5. The smallest absolute Gasteiger partial charge is 0.248 e. The largest absolute Gasteiger partial charge is 0.366 e. The average molecular weight is 662 g/mol. The van der Waals surface area contributed by atoms with Crippen molar-refractivity contribution in [3.05, 3.63) is 177 Å². The number of primary amides is 5. The monoisotopic (exact) mass is 661 g/mol. The Morgan fingerprint density at radius 2 is 0.540 bits per heavy atom. The lowest BCUT2D eigenvalue weighted by atomic mass is 9.80. The van der Waals surface area contributed by atoms with Crippen LogP contribution in [-0.2, 0) is 0 Å². The maximum absolute atomic E-state index is 12.1. The maximum Gasteiger partial charge on any atom is 0.248 e. The first-order valence-corrected chi connectivity index (χ1v) is 15.4. The summed E-state index contributed by atoms with van der Waals surface area (Å²) >= 11 is 0. The highest BCUT2D eigenvalue weighted by Gasteiger charge is 2.38. The predicted molar refractivity (Wildman–Crippen MR) is 191 cm³/mol. The van der Waals surface area contributed by atoms with Crippen LogP contribution in [0, 0.1) is 0 Å². The minimum absolute atomic E-state index is 0.317. The average Bonchev–Trinajstić information content (AvgIpc) is 3.48. The highest BCUT2D eigenvalue weighted by Crippen LogP contribution is 2.58. The van der Waals surface area contributed by atoms with E-state index in [1.807, 2.05) is 36.4 Å². The zero-order valence-corrected chi connectivity index (χ0v) is 26.6. The summed E-state index contributed by atoms with van der Waals surface area (Å²) in [5, 5.41) is 0. The zero-order chi connectivity index (χ0) is 35.7. The summed E-state index contributed by atoms with van der Waals surface area (Å²) in [6, 6.07) is 34.6. The molecule has 10 N–H and O–H groups in total. The maximum atomic E-state index is 12.1. The molecule has 10 heteroatoms. The van der Waals surface area contributed by atoms with Gasteiger partial charge in [0.25, 0.3) is 0 Å². The van der Waals surface area contributed by atoms with Crippen LogP contribution < -0.4 is 28.7 Å². The van der Waals surface area contributed by atoms with E-state index in [0.717, 1.165) is 50.1 Å². The molecule has 6 rings (SSSR count). The van der Waals surface area contributed by atoms with Crippen molar-refractivity contribution in [3.8, 4) is 0 Å². The van der Waals surface area contributed by atoms with Crippen molar-refractivity contribution >= 4 is 51.8 Å². The zero-order valence-electron chi connectivity index (χ0n) is 26.6. The van der Waals surface area contributed by atoms with Gasteiger partial charge in [-0.3, -0.25) is 24.0 Å². The lowest BCUT2D eigenvalue weighted by molar-refractivity contribution is 0.0992. The third-order valence-electron chi connectivity index (χ3n) is 8.77. The Hall–Kier alpha value is -7.07. The number of allylic oxidation sites excluding steroid dienone is 4. The molecule has 10 nitrogen and oxygen atoms in total. The van der Waals surface area contributed by atoms with Crippen molar-refractivity contribution in [2.45, 2.75) is 5.92 Å². The van der Waals surface area contributed by atoms with Crippen molar-refractivity contribution < 1.29 is 24.0 Å². The van der Waals surface area contributed by atoms with Gasteiger partial charge in [-0.05, 0) is 111 Å². The minimum atomic E-state index is -0.584. The van der Waals surface area contributed by atoms with Crippen LogP contribution in [0.3, 0.4) is 0 Å². The summed E-state index contributed by atoms with van der Waals surface area (Å²) in [6.07, 6.45) is 0. The molecule has 1 aliphatic carbocycles. The molecule has 0 saturated heterocycles. The van der Waals surface area contributed by atoms with Crippen molar-refractivity contribution in [1.82, 2.24) is 0 Å². The molecule has 1 aliphatic rings. The molecule has 0 aliphatic heterocycles. The van der Waals surface area contributed by atoms with E-state index in [0.29, 0.717) is 27.8 Å². The van der Waals surface area contributed by atoms with Crippen molar-refractivity contribution in [2.24, 2.45) is 28.7 Å². The Morgan fingerprint density at radius 3 is 0.780 bits per heavy atom. The summed E-state index contributed by atoms with van der Waals surface area (Å²) in [7, 11) is 0. The highest BCUT2D eigenvalue weighted by molar-refractivity contribution is 6.30. The third-order valence-corrected chi connectivity index (χ3v) is 8.77. The van der Waals surface area contributed by atoms with Crippen LogP contribution in [0.2, 0.25) is 0 Å². The van der Waals surface area contributed by atoms with E-state index in [4.69, 9.17) is 28.7 Å². The fraction of sp³-hybridized carbons (Fsp3) is 0.0250. The molecule has 0 bridgehead atoms. The summed E-state index contributed by atoms with van der Waals surface area (Å²) < 4.78 is 0. The molecule has 0 unspecified atom stereocenters. The number of rotatable bonds is 10. The fourth-order valence-corrected chi connectivity index (χ4v) is 6.33. The second-order valence-corrected chi connectivity index (χ2v) is 11.8. The Morgan fingerprint density at radius 1 is 0.320 bits per heavy atom. The number of hydrogen-bond acceptors (Lipinski definition) is 5. The van der Waals surface area contributed by atoms with Gasteiger partial charge in [0.1, 0.15) is 0 Å². The first kappa shape index (κ1) is 32.9. The fourth-order valence-electron chi connectivity index (χ4n) is 6.33. The number of hydrogen-bond donors (Lipinski definition) is 5. The normalized spacial score (nSPS) is 13.0. The standard InChI is InChI=1S/C40H31N5O5/c41-36(46)26-11-1-21(2-12-26)31-32(22-3-13-27(14-4-22)37(42)47)34(24-7-17-29(18-8-24)39(44)49)35(25-9-19-30(20-10-25)40(45)50)33(31)23-5-15-28(16-6-23)38(43)48/h1-20,31H,(H2,41,46)(H2,42,47)(H2,43,48)(H2,44,49)(H2,45,50). The molecular weight excluding hydrogens is 630 g/mol. The van der Waals surface area contributed by atoms with Gasteiger partial charge in [0.2, 0.25) is 29.5 Å². The van der Waals surface area contributed by atoms with Gasteiger partial charge in [0.05, 0.1) is 0 Å². The molecule has 5 aromatic carbocycles. The van der Waals surface area contributed by atoms with Gasteiger partial charge in [-0.2, -0.15) is 0 Å². The van der Waals surface area contributed by atoms with E-state index in [1.165, 1.54) is 0 Å². The van der Waals surface area contributed by atoms with Crippen molar-refractivity contribution in [2.75, 3.05) is 0 Å². The molecule has 0 aromatic heterocycles. The Labute approximate surface area is 286 Å². The van der Waals surface area contributed by atoms with Gasteiger partial charge in [-0.25, -0.2) is 0 Å². The van der Waals surface area contributed by atoms with Crippen LogP contribution in [0.5, 0.6) is 0 Å². The second-order valence-electron chi connectivity index (χ2n) is 11.8. The van der Waals surface area contributed by atoms with Crippen molar-refractivity contribution in [1.29, 1.82) is 0 Å².